The minimum absolute atomic E-state index is 0. The molecule has 0 heterocycles. The summed E-state index contributed by atoms with van der Waals surface area (Å²) in [6.45, 7) is 1.57. The van der Waals surface area contributed by atoms with Crippen LogP contribution in [0.5, 0.6) is 11.5 Å². The van der Waals surface area contributed by atoms with Gasteiger partial charge < -0.3 is 20.0 Å². The van der Waals surface area contributed by atoms with Crippen LogP contribution in [0.3, 0.4) is 0 Å². The van der Waals surface area contributed by atoms with Crippen LogP contribution in [0.1, 0.15) is 11.1 Å². The second kappa shape index (κ2) is 19.1. The zero-order valence-electron chi connectivity index (χ0n) is 20.1. The van der Waals surface area contributed by atoms with Crippen molar-refractivity contribution in [3.8, 4) is 11.5 Å². The van der Waals surface area contributed by atoms with E-state index in [9.17, 15) is 10.2 Å². The van der Waals surface area contributed by atoms with Gasteiger partial charge in [-0.15, -0.1) is 0 Å². The Bertz CT molecular complexity index is 809. The van der Waals surface area contributed by atoms with Crippen molar-refractivity contribution in [3.63, 3.8) is 0 Å². The maximum atomic E-state index is 9.33. The number of nitrogens with zero attached hydrogens (tertiary/aromatic N) is 2. The van der Waals surface area contributed by atoms with Gasteiger partial charge in [0.25, 0.3) is 0 Å². The Labute approximate surface area is 218 Å². The van der Waals surface area contributed by atoms with E-state index in [0.29, 0.717) is 11.5 Å². The van der Waals surface area contributed by atoms with Crippen molar-refractivity contribution in [3.05, 3.63) is 120 Å². The monoisotopic (exact) mass is 522 g/mol. The zero-order chi connectivity index (χ0) is 23.6. The van der Waals surface area contributed by atoms with Crippen LogP contribution in [0, 0.1) is 0 Å². The largest absolute Gasteiger partial charge is 2.00 e. The molecule has 4 aromatic rings. The minimum atomic E-state index is 0. The minimum Gasteiger partial charge on any atom is -0.508 e. The second-order valence-corrected chi connectivity index (χ2v) is 7.66. The molecule has 4 rings (SSSR count). The Morgan fingerprint density at radius 2 is 0.848 bits per heavy atom. The smallest absolute Gasteiger partial charge is 0.508 e. The number of rotatable bonds is 4. The molecular weight excluding hydrogens is 488 g/mol. The molecule has 0 amide bonds. The first-order valence-corrected chi connectivity index (χ1v) is 10.6. The predicted octanol–water partition coefficient (Wildman–Crippen LogP) is 5.72. The topological polar surface area (TPSA) is 46.9 Å². The van der Waals surface area contributed by atoms with E-state index in [1.807, 2.05) is 135 Å². The van der Waals surface area contributed by atoms with Gasteiger partial charge in [0.1, 0.15) is 11.5 Å². The maximum Gasteiger partial charge on any atom is 2.00 e. The van der Waals surface area contributed by atoms with E-state index >= 15 is 0 Å². The van der Waals surface area contributed by atoms with Crippen molar-refractivity contribution in [2.75, 3.05) is 28.2 Å². The summed E-state index contributed by atoms with van der Waals surface area (Å²) >= 11 is 0. The summed E-state index contributed by atoms with van der Waals surface area (Å²) in [5, 5.41) is 18.7. The fourth-order valence-corrected chi connectivity index (χ4v) is 2.61. The molecule has 0 spiro atoms. The summed E-state index contributed by atoms with van der Waals surface area (Å²) in [5.74, 6) is 0.752. The Morgan fingerprint density at radius 1 is 0.545 bits per heavy atom. The molecule has 33 heavy (non-hydrogen) atoms. The Balaban J connectivity index is 0.000000434. The van der Waals surface area contributed by atoms with Gasteiger partial charge >= 0.3 is 26.2 Å². The van der Waals surface area contributed by atoms with E-state index in [1.165, 1.54) is 0 Å². The van der Waals surface area contributed by atoms with Gasteiger partial charge in [0.15, 0.2) is 0 Å². The molecule has 0 aliphatic carbocycles. The average molecular weight is 524 g/mol. The molecule has 4 aromatic carbocycles. The molecule has 0 saturated carbocycles. The van der Waals surface area contributed by atoms with Crippen LogP contribution in [0.2, 0.25) is 0 Å². The molecule has 0 saturated heterocycles. The molecule has 0 bridgehead atoms. The van der Waals surface area contributed by atoms with Gasteiger partial charge in [-0.2, -0.15) is 36.4 Å². The van der Waals surface area contributed by atoms with Gasteiger partial charge in [0, 0.05) is 24.2 Å². The van der Waals surface area contributed by atoms with Gasteiger partial charge in [-0.3, -0.25) is 0 Å². The van der Waals surface area contributed by atoms with E-state index < -0.39 is 0 Å². The van der Waals surface area contributed by atoms with Crippen LogP contribution >= 0.6 is 0 Å². The van der Waals surface area contributed by atoms with E-state index in [0.717, 1.165) is 24.2 Å². The summed E-state index contributed by atoms with van der Waals surface area (Å²) in [6.07, 6.45) is 0. The molecule has 0 aliphatic heterocycles. The molecule has 0 radical (unpaired) electrons. The molecule has 2 N–H and O–H groups in total. The van der Waals surface area contributed by atoms with Gasteiger partial charge in [-0.05, 0) is 40.3 Å². The van der Waals surface area contributed by atoms with Crippen LogP contribution in [0.4, 0.5) is 0 Å². The second-order valence-electron chi connectivity index (χ2n) is 7.66. The maximum absolute atomic E-state index is 9.33. The number of hydrogen-bond donors (Lipinski definition) is 2. The first-order chi connectivity index (χ1) is 15.4. The van der Waals surface area contributed by atoms with Crippen LogP contribution in [0.25, 0.3) is 0 Å². The van der Waals surface area contributed by atoms with Crippen molar-refractivity contribution in [2.45, 2.75) is 13.1 Å². The number of hydrogen-bond acceptors (Lipinski definition) is 4. The van der Waals surface area contributed by atoms with Crippen LogP contribution in [-0.4, -0.2) is 48.2 Å². The SMILES string of the molecule is CN(C)Cc1ccccc1O.CN(C)Cc1ccccc1O.[Zr+2].c1cc[cH-]c1.c1cc[cH-]c1. The summed E-state index contributed by atoms with van der Waals surface area (Å²) in [6, 6.07) is 34.8. The normalized spacial score (nSPS) is 9.39. The van der Waals surface area contributed by atoms with Crippen molar-refractivity contribution >= 4 is 0 Å². The Hall–Kier alpha value is -2.46. The number of para-hydroxylation sites is 2. The van der Waals surface area contributed by atoms with Crippen LogP contribution in [0.15, 0.2) is 109 Å². The van der Waals surface area contributed by atoms with E-state index in [1.54, 1.807) is 12.1 Å². The number of phenols is 2. The fraction of sp³-hybridized carbons (Fsp3) is 0.214. The third-order valence-corrected chi connectivity index (χ3v) is 4.07. The first kappa shape index (κ1) is 30.5. The summed E-state index contributed by atoms with van der Waals surface area (Å²) in [7, 11) is 7.91. The number of benzene rings is 2. The zero-order valence-corrected chi connectivity index (χ0v) is 22.6. The average Bonchev–Trinajstić information content (AvgIpc) is 3.51. The molecule has 0 aliphatic rings. The van der Waals surface area contributed by atoms with Crippen LogP contribution in [-0.2, 0) is 39.3 Å². The number of aromatic hydroxyl groups is 2. The van der Waals surface area contributed by atoms with E-state index in [-0.39, 0.29) is 26.2 Å². The summed E-state index contributed by atoms with van der Waals surface area (Å²) in [4.78, 5) is 4.05. The van der Waals surface area contributed by atoms with Gasteiger partial charge in [-0.1, -0.05) is 36.4 Å². The Kier molecular flexibility index (Phi) is 17.6. The molecule has 5 heteroatoms. The van der Waals surface area contributed by atoms with Crippen molar-refractivity contribution in [1.82, 2.24) is 9.80 Å². The summed E-state index contributed by atoms with van der Waals surface area (Å²) in [5.41, 5.74) is 1.94. The molecule has 4 nitrogen and oxygen atoms in total. The fourth-order valence-electron chi connectivity index (χ4n) is 2.61. The first-order valence-electron chi connectivity index (χ1n) is 10.6. The quantitative estimate of drug-likeness (QED) is 0.336. The number of phenolic OH excluding ortho intramolecular Hbond substituents is 2. The van der Waals surface area contributed by atoms with Gasteiger partial charge in [-0.25, -0.2) is 24.3 Å². The molecule has 174 valence electrons. The molecule has 0 unspecified atom stereocenters. The van der Waals surface area contributed by atoms with Gasteiger partial charge in [0.05, 0.1) is 0 Å². The Morgan fingerprint density at radius 3 is 1.06 bits per heavy atom. The molecule has 0 fully saturated rings. The third-order valence-electron chi connectivity index (χ3n) is 4.07. The van der Waals surface area contributed by atoms with Crippen molar-refractivity contribution in [1.29, 1.82) is 0 Å². The van der Waals surface area contributed by atoms with Crippen LogP contribution < -0.4 is 0 Å². The van der Waals surface area contributed by atoms with Gasteiger partial charge in [0.2, 0.25) is 0 Å². The van der Waals surface area contributed by atoms with Crippen molar-refractivity contribution in [2.24, 2.45) is 0 Å². The summed E-state index contributed by atoms with van der Waals surface area (Å²) < 4.78 is 0. The standard InChI is InChI=1S/2C9H13NO.2C5H5.Zr/c2*1-10(2)7-8-5-3-4-6-9(8)11;2*1-2-4-5-3-1;/h2*3-6,11H,7H2,1-2H3;2*1-5H;/q;;2*-1;+2. The third kappa shape index (κ3) is 15.9. The molecule has 0 aromatic heterocycles. The van der Waals surface area contributed by atoms with E-state index in [2.05, 4.69) is 0 Å². The van der Waals surface area contributed by atoms with Crippen molar-refractivity contribution < 1.29 is 36.4 Å². The predicted molar refractivity (Wildman–Crippen MR) is 135 cm³/mol. The van der Waals surface area contributed by atoms with E-state index in [4.69, 9.17) is 0 Å². The molecular formula is C28H36N2O2Zr. The molecule has 0 atom stereocenters.